The van der Waals surface area contributed by atoms with Gasteiger partial charge in [-0.15, -0.1) is 0 Å². The number of carbonyl (C=O) groups is 1. The van der Waals surface area contributed by atoms with Crippen LogP contribution in [0.25, 0.3) is 10.2 Å². The molecule has 0 fully saturated rings. The quantitative estimate of drug-likeness (QED) is 0.379. The maximum Gasteiger partial charge on any atom is 0.260 e. The van der Waals surface area contributed by atoms with E-state index in [9.17, 15) is 13.2 Å². The van der Waals surface area contributed by atoms with Crippen molar-refractivity contribution in [2.45, 2.75) is 30.5 Å². The van der Waals surface area contributed by atoms with Gasteiger partial charge in [0, 0.05) is 24.0 Å². The first-order valence-electron chi connectivity index (χ1n) is 10.3. The number of anilines is 1. The Balaban J connectivity index is 1.78. The Morgan fingerprint density at radius 1 is 1.09 bits per heavy atom. The van der Waals surface area contributed by atoms with Crippen LogP contribution in [0.3, 0.4) is 0 Å². The number of fused-ring (bicyclic) bond motifs is 1. The topological polar surface area (TPSA) is 89.5 Å². The van der Waals surface area contributed by atoms with Gasteiger partial charge in [0.25, 0.3) is 5.91 Å². The third-order valence-corrected chi connectivity index (χ3v) is 8.39. The molecule has 2 aromatic carbocycles. The zero-order chi connectivity index (χ0) is 23.6. The summed E-state index contributed by atoms with van der Waals surface area (Å²) in [6.45, 7) is 3.50. The van der Waals surface area contributed by atoms with Gasteiger partial charge in [-0.25, -0.2) is 13.4 Å². The summed E-state index contributed by atoms with van der Waals surface area (Å²) >= 11 is 1.39. The monoisotopic (exact) mass is 481 g/mol. The van der Waals surface area contributed by atoms with Crippen molar-refractivity contribution in [3.05, 3.63) is 78.1 Å². The second-order valence-electron chi connectivity index (χ2n) is 7.70. The Labute approximate surface area is 196 Å². The molecule has 9 heteroatoms. The van der Waals surface area contributed by atoms with E-state index < -0.39 is 15.1 Å². The number of benzene rings is 2. The fourth-order valence-corrected chi connectivity index (χ4v) is 5.32. The van der Waals surface area contributed by atoms with Crippen LogP contribution < -0.4 is 9.64 Å². The molecule has 0 aliphatic carbocycles. The molecule has 33 heavy (non-hydrogen) atoms. The SMILES string of the molecule is COc1ccc2sc(N(Cc3ccncc3)C(=O)c3cccc(S(=O)(=O)C(C)C)c3)nc2c1. The van der Waals surface area contributed by atoms with Crippen molar-refractivity contribution >= 4 is 42.4 Å². The van der Waals surface area contributed by atoms with Crippen LogP contribution in [0.2, 0.25) is 0 Å². The number of hydrogen-bond acceptors (Lipinski definition) is 7. The molecule has 170 valence electrons. The van der Waals surface area contributed by atoms with Gasteiger partial charge in [0.05, 0.1) is 34.0 Å². The molecule has 2 aromatic heterocycles. The normalized spacial score (nSPS) is 11.6. The van der Waals surface area contributed by atoms with Crippen molar-refractivity contribution in [1.29, 1.82) is 0 Å². The molecule has 1 amide bonds. The van der Waals surface area contributed by atoms with E-state index in [-0.39, 0.29) is 22.9 Å². The van der Waals surface area contributed by atoms with Crippen LogP contribution in [0.1, 0.15) is 29.8 Å². The van der Waals surface area contributed by atoms with Crippen molar-refractivity contribution in [3.8, 4) is 5.75 Å². The molecular weight excluding hydrogens is 458 g/mol. The van der Waals surface area contributed by atoms with Gasteiger partial charge in [0.2, 0.25) is 0 Å². The minimum absolute atomic E-state index is 0.126. The minimum atomic E-state index is -3.52. The minimum Gasteiger partial charge on any atom is -0.497 e. The summed E-state index contributed by atoms with van der Waals surface area (Å²) in [4.78, 5) is 24.1. The van der Waals surface area contributed by atoms with Crippen molar-refractivity contribution in [2.75, 3.05) is 12.0 Å². The lowest BCUT2D eigenvalue weighted by Gasteiger charge is -2.20. The molecule has 0 atom stereocenters. The fraction of sp³-hybridized carbons (Fsp3) is 0.208. The number of amides is 1. The summed E-state index contributed by atoms with van der Waals surface area (Å²) in [5, 5.41) is -0.0767. The number of rotatable bonds is 7. The molecule has 0 saturated heterocycles. The van der Waals surface area contributed by atoms with E-state index in [1.807, 2.05) is 30.3 Å². The number of sulfone groups is 1. The number of ether oxygens (including phenoxy) is 1. The fourth-order valence-electron chi connectivity index (χ4n) is 3.27. The van der Waals surface area contributed by atoms with Gasteiger partial charge in [-0.2, -0.15) is 0 Å². The molecule has 0 radical (unpaired) electrons. The number of methoxy groups -OCH3 is 1. The molecule has 4 rings (SSSR count). The molecule has 0 spiro atoms. The third kappa shape index (κ3) is 4.74. The highest BCUT2D eigenvalue weighted by atomic mass is 32.2. The maximum absolute atomic E-state index is 13.7. The van der Waals surface area contributed by atoms with Crippen molar-refractivity contribution in [1.82, 2.24) is 9.97 Å². The molecule has 0 unspecified atom stereocenters. The number of nitrogens with zero attached hydrogens (tertiary/aromatic N) is 3. The van der Waals surface area contributed by atoms with Crippen molar-refractivity contribution in [3.63, 3.8) is 0 Å². The predicted octanol–water partition coefficient (Wildman–Crippen LogP) is 4.73. The molecule has 4 aromatic rings. The lowest BCUT2D eigenvalue weighted by Crippen LogP contribution is -2.30. The summed E-state index contributed by atoms with van der Waals surface area (Å²) in [7, 11) is -1.93. The lowest BCUT2D eigenvalue weighted by molar-refractivity contribution is 0.0985. The first-order chi connectivity index (χ1) is 15.8. The zero-order valence-corrected chi connectivity index (χ0v) is 20.1. The average molecular weight is 482 g/mol. The van der Waals surface area contributed by atoms with Crippen LogP contribution >= 0.6 is 11.3 Å². The largest absolute Gasteiger partial charge is 0.497 e. The van der Waals surface area contributed by atoms with Gasteiger partial charge in [0.15, 0.2) is 15.0 Å². The lowest BCUT2D eigenvalue weighted by atomic mass is 10.2. The molecule has 0 aliphatic heterocycles. The third-order valence-electron chi connectivity index (χ3n) is 5.18. The smallest absolute Gasteiger partial charge is 0.260 e. The predicted molar refractivity (Wildman–Crippen MR) is 130 cm³/mol. The van der Waals surface area contributed by atoms with Crippen LogP contribution in [0.4, 0.5) is 5.13 Å². The number of hydrogen-bond donors (Lipinski definition) is 0. The highest BCUT2D eigenvalue weighted by molar-refractivity contribution is 7.92. The van der Waals surface area contributed by atoms with Gasteiger partial charge < -0.3 is 4.74 Å². The first kappa shape index (κ1) is 22.9. The highest BCUT2D eigenvalue weighted by Gasteiger charge is 2.25. The van der Waals surface area contributed by atoms with Crippen molar-refractivity contribution < 1.29 is 17.9 Å². The Bertz CT molecular complexity index is 1400. The molecule has 7 nitrogen and oxygen atoms in total. The van der Waals surface area contributed by atoms with Gasteiger partial charge in [-0.3, -0.25) is 14.7 Å². The molecular formula is C24H23N3O4S2. The summed E-state index contributed by atoms with van der Waals surface area (Å²) in [5.74, 6) is 0.344. The van der Waals surface area contributed by atoms with Gasteiger partial charge >= 0.3 is 0 Å². The molecule has 0 bridgehead atoms. The van der Waals surface area contributed by atoms with Gasteiger partial charge in [-0.05, 0) is 61.9 Å². The standard InChI is InChI=1S/C24H23N3O4S2/c1-16(2)33(29,30)20-6-4-5-18(13-20)23(28)27(15-17-9-11-25-12-10-17)24-26-21-14-19(31-3)7-8-22(21)32-24/h4-14,16H,15H2,1-3H3. The van der Waals surface area contributed by atoms with Crippen LogP contribution in [-0.4, -0.2) is 36.7 Å². The van der Waals surface area contributed by atoms with Gasteiger partial charge in [0.1, 0.15) is 5.75 Å². The summed E-state index contributed by atoms with van der Waals surface area (Å²) in [6, 6.07) is 15.4. The molecule has 2 heterocycles. The van der Waals surface area contributed by atoms with Gasteiger partial charge in [-0.1, -0.05) is 17.4 Å². The van der Waals surface area contributed by atoms with Crippen LogP contribution in [0.5, 0.6) is 5.75 Å². The van der Waals surface area contributed by atoms with E-state index in [0.29, 0.717) is 10.9 Å². The van der Waals surface area contributed by atoms with Crippen molar-refractivity contribution in [2.24, 2.45) is 0 Å². The van der Waals surface area contributed by atoms with E-state index in [4.69, 9.17) is 4.74 Å². The number of pyridine rings is 1. The van der Waals surface area contributed by atoms with E-state index in [1.54, 1.807) is 50.4 Å². The van der Waals surface area contributed by atoms with E-state index in [0.717, 1.165) is 15.8 Å². The Morgan fingerprint density at radius 3 is 2.55 bits per heavy atom. The van der Waals surface area contributed by atoms with Crippen LogP contribution in [-0.2, 0) is 16.4 Å². The second kappa shape index (κ2) is 9.29. The summed E-state index contributed by atoms with van der Waals surface area (Å²) in [5.41, 5.74) is 1.88. The number of thiazole rings is 1. The molecule has 0 N–H and O–H groups in total. The number of aromatic nitrogens is 2. The first-order valence-corrected chi connectivity index (χ1v) is 12.6. The number of carbonyl (C=O) groups excluding carboxylic acids is 1. The zero-order valence-electron chi connectivity index (χ0n) is 18.4. The Kier molecular flexibility index (Phi) is 6.44. The van der Waals surface area contributed by atoms with E-state index >= 15 is 0 Å². The Morgan fingerprint density at radius 2 is 1.85 bits per heavy atom. The average Bonchev–Trinajstić information content (AvgIpc) is 3.25. The molecule has 0 aliphatic rings. The highest BCUT2D eigenvalue weighted by Crippen LogP contribution is 2.33. The van der Waals surface area contributed by atoms with E-state index in [2.05, 4.69) is 9.97 Å². The van der Waals surface area contributed by atoms with E-state index in [1.165, 1.54) is 23.5 Å². The van der Waals surface area contributed by atoms with Crippen LogP contribution in [0.15, 0.2) is 71.9 Å². The Hall–Kier alpha value is -3.30. The van der Waals surface area contributed by atoms with Crippen LogP contribution in [0, 0.1) is 0 Å². The summed E-state index contributed by atoms with van der Waals surface area (Å²) < 4.78 is 31.5. The second-order valence-corrected chi connectivity index (χ2v) is 11.2. The summed E-state index contributed by atoms with van der Waals surface area (Å²) in [6.07, 6.45) is 3.33. The molecule has 0 saturated carbocycles. The maximum atomic E-state index is 13.7.